The zero-order chi connectivity index (χ0) is 59.7. The van der Waals surface area contributed by atoms with Gasteiger partial charge in [0.15, 0.2) is 51.9 Å². The summed E-state index contributed by atoms with van der Waals surface area (Å²) in [6, 6.07) is 6.47. The molecular weight excluding hydrogens is 1080 g/mol. The molecule has 2 heterocycles. The van der Waals surface area contributed by atoms with Gasteiger partial charge in [0.25, 0.3) is 29.3 Å². The van der Waals surface area contributed by atoms with Crippen molar-refractivity contribution >= 4 is 11.6 Å². The number of likely N-dealkylation sites (tertiary alicyclic amines) is 2. The van der Waals surface area contributed by atoms with Gasteiger partial charge in [0.1, 0.15) is 5.56 Å². The highest BCUT2D eigenvalue weighted by Gasteiger charge is 2.91. The van der Waals surface area contributed by atoms with Crippen LogP contribution in [0.25, 0.3) is 0 Å². The Morgan fingerprint density at radius 2 is 0.950 bits per heavy atom. The Bertz CT molecular complexity index is 3090. The summed E-state index contributed by atoms with van der Waals surface area (Å²) in [4.78, 5) is 27.7. The van der Waals surface area contributed by atoms with Gasteiger partial charge in [0, 0.05) is 36.7 Å². The minimum Gasteiger partial charge on any atom is -0.504 e. The van der Waals surface area contributed by atoms with Gasteiger partial charge in [-0.1, -0.05) is 30.3 Å². The minimum absolute atomic E-state index is 0.121. The summed E-state index contributed by atoms with van der Waals surface area (Å²) in [6.45, 7) is -3.72. The molecule has 0 radical (unpaired) electrons. The minimum atomic E-state index is -5.30. The van der Waals surface area contributed by atoms with E-state index in [0.29, 0.717) is 0 Å². The highest BCUT2D eigenvalue weighted by molar-refractivity contribution is 6.08. The van der Waals surface area contributed by atoms with Crippen molar-refractivity contribution in [3.8, 4) is 74.7 Å². The highest BCUT2D eigenvalue weighted by atomic mass is 16.7. The monoisotopic (exact) mass is 1140 g/mol. The number of hydrogen-bond acceptors (Lipinski definition) is 32. The molecule has 4 aliphatic rings. The number of carbonyl (C=O) groups excluding carboxylic acids is 2. The number of piperidine rings is 2. The van der Waals surface area contributed by atoms with E-state index < -0.39 is 211 Å². The molecule has 23 N–H and O–H groups in total. The molecule has 2 atom stereocenters. The number of aliphatic hydroxyl groups is 15. The summed E-state index contributed by atoms with van der Waals surface area (Å²) in [6.07, 6.45) is -2.62. The molecule has 2 unspecified atom stereocenters. The smallest absolute Gasteiger partial charge is 0.290 e. The second-order valence-electron chi connectivity index (χ2n) is 19.6. The van der Waals surface area contributed by atoms with Crippen LogP contribution in [0.5, 0.6) is 74.7 Å². The van der Waals surface area contributed by atoms with E-state index in [-0.39, 0.29) is 29.7 Å². The SMILES string of the molecule is COc1c(O)c2c(c(O)c1OC)C(=O)C(C(O)(O)C1CCN(C(O)(O)c3c(O)c(O)c(OCOc4c(O)c5c(c(O)c4OC)CC(C(O)(O)C4(O)C(O)(O)C(O)(O)N(Cc6ccccc6)C(O)(O)C4(O)O)C5=O)c(O)c3O)CC1)C2. The van der Waals surface area contributed by atoms with Gasteiger partial charge in [-0.05, 0) is 31.2 Å². The third-order valence-electron chi connectivity index (χ3n) is 15.5. The van der Waals surface area contributed by atoms with Gasteiger partial charge in [-0.2, -0.15) is 4.90 Å². The largest absolute Gasteiger partial charge is 0.504 e. The summed E-state index contributed by atoms with van der Waals surface area (Å²) in [5.74, 6) is -54.2. The number of methoxy groups -OCH3 is 3. The van der Waals surface area contributed by atoms with Crippen molar-refractivity contribution in [1.82, 2.24) is 9.80 Å². The Hall–Kier alpha value is -7.06. The lowest BCUT2D eigenvalue weighted by Gasteiger charge is -2.65. The van der Waals surface area contributed by atoms with Crippen LogP contribution in [0, 0.1) is 17.8 Å². The zero-order valence-corrected chi connectivity index (χ0v) is 41.8. The predicted octanol–water partition coefficient (Wildman–Crippen LogP) is -5.76. The van der Waals surface area contributed by atoms with E-state index in [1.807, 2.05) is 0 Å². The van der Waals surface area contributed by atoms with Crippen molar-refractivity contribution in [2.45, 2.75) is 78.7 Å². The number of carbonyl (C=O) groups is 2. The first-order valence-corrected chi connectivity index (χ1v) is 23.5. The number of benzene rings is 4. The second kappa shape index (κ2) is 19.3. The van der Waals surface area contributed by atoms with Crippen LogP contribution in [0.15, 0.2) is 30.3 Å². The summed E-state index contributed by atoms with van der Waals surface area (Å²) < 4.78 is 25.7. The first-order chi connectivity index (χ1) is 36.9. The van der Waals surface area contributed by atoms with Crippen LogP contribution in [0.1, 0.15) is 55.8 Å². The fraction of sp³-hybridized carbons (Fsp3) is 0.458. The number of Topliss-reactive ketones (excluding diaryl/α,β-unsaturated/α-hetero) is 2. The van der Waals surface area contributed by atoms with Crippen LogP contribution in [0.4, 0.5) is 0 Å². The molecule has 4 aromatic carbocycles. The molecule has 8 rings (SSSR count). The lowest BCUT2D eigenvalue weighted by Crippen LogP contribution is -2.97. The molecular formula is C48H56N2O30. The Kier molecular flexibility index (Phi) is 14.3. The maximum absolute atomic E-state index is 14.1. The third kappa shape index (κ3) is 7.87. The molecule has 0 spiro atoms. The summed E-state index contributed by atoms with van der Waals surface area (Å²) >= 11 is 0. The first-order valence-electron chi connectivity index (χ1n) is 23.5. The van der Waals surface area contributed by atoms with Gasteiger partial charge >= 0.3 is 0 Å². The fourth-order valence-electron chi connectivity index (χ4n) is 11.1. The average Bonchev–Trinajstić information content (AvgIpc) is 4.06. The van der Waals surface area contributed by atoms with Crippen LogP contribution in [0.3, 0.4) is 0 Å². The van der Waals surface area contributed by atoms with Crippen LogP contribution in [-0.4, -0.2) is 221 Å². The van der Waals surface area contributed by atoms with Crippen molar-refractivity contribution in [2.24, 2.45) is 17.8 Å². The normalized spacial score (nSPS) is 21.7. The quantitative estimate of drug-likeness (QED) is 0.0300. The molecule has 0 amide bonds. The summed E-state index contributed by atoms with van der Waals surface area (Å²) in [7, 11) is 3.08. The van der Waals surface area contributed by atoms with Crippen LogP contribution in [0.2, 0.25) is 0 Å². The lowest BCUT2D eigenvalue weighted by molar-refractivity contribution is -0.620. The molecule has 4 aromatic rings. The second-order valence-corrected chi connectivity index (χ2v) is 19.6. The average molecular weight is 1140 g/mol. The molecule has 80 heavy (non-hydrogen) atoms. The maximum atomic E-state index is 14.1. The highest BCUT2D eigenvalue weighted by Crippen LogP contribution is 2.61. The number of ketones is 2. The van der Waals surface area contributed by atoms with Crippen molar-refractivity contribution in [3.05, 3.63) is 63.7 Å². The first kappa shape index (κ1) is 59.1. The Morgan fingerprint density at radius 1 is 0.537 bits per heavy atom. The van der Waals surface area contributed by atoms with Crippen molar-refractivity contribution in [3.63, 3.8) is 0 Å². The summed E-state index contributed by atoms with van der Waals surface area (Å²) in [5.41, 5.74) is -9.49. The molecule has 438 valence electrons. The predicted molar refractivity (Wildman–Crippen MR) is 252 cm³/mol. The molecule has 2 fully saturated rings. The van der Waals surface area contributed by atoms with E-state index in [2.05, 4.69) is 0 Å². The molecule has 0 bridgehead atoms. The standard InChI is InChI=1S/C48H56N2O30/c1-76-37-26(51)19-13-21(28(53)23(19)30(55)39(37)78-3)41(61,62)18-9-11-49(12-10-18)43(65,66)25-32(57)34(59)36(35(60)33(25)58)79-16-80-40-31(56)24-20(27(52)38(40)77-2)14-22(29(24)54)42(63,64)44(67)45(68,69)47(72,73)50(48(74,75)46(44,70)71)15-17-7-5-4-6-8-17/h4-8,18,21-22,51-52,55-75H,9-16H2,1-3H3. The fourth-order valence-corrected chi connectivity index (χ4v) is 11.1. The number of nitrogens with zero attached hydrogens (tertiary/aromatic N) is 2. The van der Waals surface area contributed by atoms with Gasteiger partial charge in [-0.3, -0.25) is 9.59 Å². The molecule has 2 saturated heterocycles. The molecule has 0 aromatic heterocycles. The third-order valence-corrected chi connectivity index (χ3v) is 15.5. The van der Waals surface area contributed by atoms with E-state index in [1.54, 1.807) is 0 Å². The van der Waals surface area contributed by atoms with E-state index in [1.165, 1.54) is 30.3 Å². The number of hydrogen-bond donors (Lipinski definition) is 23. The molecule has 2 aliphatic heterocycles. The topological polar surface area (TPSA) is 552 Å². The zero-order valence-electron chi connectivity index (χ0n) is 41.8. The lowest BCUT2D eigenvalue weighted by atomic mass is 9.65. The van der Waals surface area contributed by atoms with E-state index >= 15 is 0 Å². The molecule has 32 heteroatoms. The number of fused-ring (bicyclic) bond motifs is 2. The van der Waals surface area contributed by atoms with Gasteiger partial charge in [-0.15, -0.1) is 0 Å². The number of phenolic OH excluding ortho intramolecular Hbond substituents is 8. The number of aromatic hydroxyl groups is 8. The molecule has 2 aliphatic carbocycles. The van der Waals surface area contributed by atoms with Gasteiger partial charge in [-0.25, -0.2) is 4.90 Å². The Labute approximate surface area is 447 Å². The van der Waals surface area contributed by atoms with E-state index in [4.69, 9.17) is 23.7 Å². The van der Waals surface area contributed by atoms with Crippen LogP contribution in [-0.2, 0) is 25.3 Å². The maximum Gasteiger partial charge on any atom is 0.290 e. The van der Waals surface area contributed by atoms with Gasteiger partial charge < -0.3 is 141 Å². The van der Waals surface area contributed by atoms with Gasteiger partial charge in [0.2, 0.25) is 58.4 Å². The molecule has 0 saturated carbocycles. The van der Waals surface area contributed by atoms with Crippen molar-refractivity contribution in [2.75, 3.05) is 41.2 Å². The molecule has 32 nitrogen and oxygen atoms in total. The van der Waals surface area contributed by atoms with Gasteiger partial charge in [0.05, 0.1) is 44.3 Å². The van der Waals surface area contributed by atoms with Crippen molar-refractivity contribution in [1.29, 1.82) is 0 Å². The van der Waals surface area contributed by atoms with E-state index in [0.717, 1.165) is 26.2 Å². The van der Waals surface area contributed by atoms with Crippen LogP contribution >= 0.6 is 0 Å². The number of ether oxygens (including phenoxy) is 5. The van der Waals surface area contributed by atoms with E-state index in [9.17, 15) is 127 Å². The van der Waals surface area contributed by atoms with Crippen LogP contribution < -0.4 is 23.7 Å². The number of phenols is 8. The Balaban J connectivity index is 1.00. The summed E-state index contributed by atoms with van der Waals surface area (Å²) in [5, 5.41) is 258. The Morgan fingerprint density at radius 3 is 1.43 bits per heavy atom. The number of rotatable bonds is 15. The van der Waals surface area contributed by atoms with Crippen molar-refractivity contribution < 1.29 is 151 Å².